The summed E-state index contributed by atoms with van der Waals surface area (Å²) in [5.41, 5.74) is 1.13. The van der Waals surface area contributed by atoms with Crippen molar-refractivity contribution in [3.8, 4) is 5.75 Å². The first-order chi connectivity index (χ1) is 10.1. The molecule has 0 aliphatic rings. The molecule has 2 aromatic carbocycles. The van der Waals surface area contributed by atoms with E-state index in [-0.39, 0.29) is 5.82 Å². The average Bonchev–Trinajstić information content (AvgIpc) is 2.48. The highest BCUT2D eigenvalue weighted by atomic mass is 79.9. The topological polar surface area (TPSA) is 21.3 Å². The number of halogens is 2. The lowest BCUT2D eigenvalue weighted by molar-refractivity contribution is 0.306. The number of rotatable bonds is 7. The summed E-state index contributed by atoms with van der Waals surface area (Å²) >= 11 is 3.39. The Kier molecular flexibility index (Phi) is 6.21. The van der Waals surface area contributed by atoms with Gasteiger partial charge in [0.2, 0.25) is 0 Å². The van der Waals surface area contributed by atoms with Crippen molar-refractivity contribution >= 4 is 15.9 Å². The molecule has 4 heteroatoms. The van der Waals surface area contributed by atoms with Crippen LogP contribution in [0.1, 0.15) is 12.5 Å². The van der Waals surface area contributed by atoms with Crippen molar-refractivity contribution in [1.29, 1.82) is 0 Å². The van der Waals surface area contributed by atoms with Crippen LogP contribution >= 0.6 is 15.9 Å². The summed E-state index contributed by atoms with van der Waals surface area (Å²) in [6.07, 6.45) is 0.874. The zero-order valence-electron chi connectivity index (χ0n) is 12.0. The van der Waals surface area contributed by atoms with Gasteiger partial charge in [0.05, 0.1) is 0 Å². The van der Waals surface area contributed by atoms with E-state index in [1.165, 1.54) is 12.1 Å². The van der Waals surface area contributed by atoms with Gasteiger partial charge < -0.3 is 10.1 Å². The molecule has 0 saturated heterocycles. The predicted molar refractivity (Wildman–Crippen MR) is 87.2 cm³/mol. The molecule has 2 rings (SSSR count). The van der Waals surface area contributed by atoms with E-state index >= 15 is 0 Å². The van der Waals surface area contributed by atoms with Crippen LogP contribution in [0.25, 0.3) is 0 Å². The van der Waals surface area contributed by atoms with Crippen LogP contribution in [0.4, 0.5) is 4.39 Å². The van der Waals surface area contributed by atoms with Crippen LogP contribution in [0, 0.1) is 5.82 Å². The zero-order chi connectivity index (χ0) is 15.1. The van der Waals surface area contributed by atoms with Crippen molar-refractivity contribution in [3.63, 3.8) is 0 Å². The highest BCUT2D eigenvalue weighted by molar-refractivity contribution is 9.10. The highest BCUT2D eigenvalue weighted by Crippen LogP contribution is 2.15. The van der Waals surface area contributed by atoms with Crippen LogP contribution in [0.3, 0.4) is 0 Å². The number of hydrogen-bond acceptors (Lipinski definition) is 2. The van der Waals surface area contributed by atoms with E-state index in [4.69, 9.17) is 4.74 Å². The fraction of sp³-hybridized carbons (Fsp3) is 0.294. The van der Waals surface area contributed by atoms with Crippen molar-refractivity contribution < 1.29 is 9.13 Å². The van der Waals surface area contributed by atoms with E-state index in [1.54, 1.807) is 0 Å². The molecule has 0 saturated carbocycles. The lowest BCUT2D eigenvalue weighted by atomic mass is 10.1. The molecule has 2 nitrogen and oxygen atoms in total. The molecule has 0 aliphatic heterocycles. The standard InChI is InChI=1S/C17H19BrFNO/c1-13(12-14-2-6-16(19)7-3-14)20-10-11-21-17-8-4-15(18)5-9-17/h2-9,13,20H,10-12H2,1H3. The summed E-state index contributed by atoms with van der Waals surface area (Å²) in [7, 11) is 0. The Morgan fingerprint density at radius 1 is 1.10 bits per heavy atom. The monoisotopic (exact) mass is 351 g/mol. The zero-order valence-corrected chi connectivity index (χ0v) is 13.6. The minimum absolute atomic E-state index is 0.192. The number of hydrogen-bond donors (Lipinski definition) is 1. The molecule has 1 unspecified atom stereocenters. The van der Waals surface area contributed by atoms with Crippen LogP contribution in [0.5, 0.6) is 5.75 Å². The first kappa shape index (κ1) is 16.0. The maximum atomic E-state index is 12.8. The minimum atomic E-state index is -0.192. The van der Waals surface area contributed by atoms with Gasteiger partial charge in [-0.2, -0.15) is 0 Å². The molecule has 0 heterocycles. The quantitative estimate of drug-likeness (QED) is 0.755. The minimum Gasteiger partial charge on any atom is -0.492 e. The van der Waals surface area contributed by atoms with Crippen molar-refractivity contribution in [1.82, 2.24) is 5.32 Å². The van der Waals surface area contributed by atoms with Gasteiger partial charge in [0.25, 0.3) is 0 Å². The van der Waals surface area contributed by atoms with Crippen LogP contribution in [0.2, 0.25) is 0 Å². The summed E-state index contributed by atoms with van der Waals surface area (Å²) < 4.78 is 19.5. The van der Waals surface area contributed by atoms with E-state index in [0.717, 1.165) is 28.8 Å². The van der Waals surface area contributed by atoms with Gasteiger partial charge in [-0.15, -0.1) is 0 Å². The molecule has 1 atom stereocenters. The summed E-state index contributed by atoms with van der Waals surface area (Å²) in [4.78, 5) is 0. The van der Waals surface area contributed by atoms with E-state index < -0.39 is 0 Å². The molecule has 0 bridgehead atoms. The molecule has 0 aliphatic carbocycles. The van der Waals surface area contributed by atoms with Gasteiger partial charge in [-0.1, -0.05) is 28.1 Å². The lowest BCUT2D eigenvalue weighted by Crippen LogP contribution is -2.31. The van der Waals surface area contributed by atoms with Gasteiger partial charge in [-0.05, 0) is 55.3 Å². The second kappa shape index (κ2) is 8.15. The molecule has 0 radical (unpaired) electrons. The van der Waals surface area contributed by atoms with Crippen LogP contribution < -0.4 is 10.1 Å². The van der Waals surface area contributed by atoms with Gasteiger partial charge in [0.15, 0.2) is 0 Å². The highest BCUT2D eigenvalue weighted by Gasteiger charge is 2.03. The van der Waals surface area contributed by atoms with Crippen molar-refractivity contribution in [2.75, 3.05) is 13.2 Å². The van der Waals surface area contributed by atoms with Crippen LogP contribution in [-0.2, 0) is 6.42 Å². The van der Waals surface area contributed by atoms with Crippen molar-refractivity contribution in [3.05, 3.63) is 64.4 Å². The van der Waals surface area contributed by atoms with Gasteiger partial charge >= 0.3 is 0 Å². The third kappa shape index (κ3) is 5.86. The third-order valence-corrected chi connectivity index (χ3v) is 3.66. The Morgan fingerprint density at radius 3 is 2.43 bits per heavy atom. The number of benzene rings is 2. The average molecular weight is 352 g/mol. The third-order valence-electron chi connectivity index (χ3n) is 3.13. The van der Waals surface area contributed by atoms with Gasteiger partial charge in [0, 0.05) is 17.1 Å². The normalized spacial score (nSPS) is 12.1. The van der Waals surface area contributed by atoms with Crippen molar-refractivity contribution in [2.24, 2.45) is 0 Å². The fourth-order valence-corrected chi connectivity index (χ4v) is 2.32. The van der Waals surface area contributed by atoms with Crippen LogP contribution in [-0.4, -0.2) is 19.2 Å². The number of ether oxygens (including phenoxy) is 1. The molecular weight excluding hydrogens is 333 g/mol. The first-order valence-corrected chi connectivity index (χ1v) is 7.79. The Bertz CT molecular complexity index is 542. The van der Waals surface area contributed by atoms with Crippen LogP contribution in [0.15, 0.2) is 53.0 Å². The molecule has 0 spiro atoms. The SMILES string of the molecule is CC(Cc1ccc(F)cc1)NCCOc1ccc(Br)cc1. The second-order valence-electron chi connectivity index (χ2n) is 4.99. The van der Waals surface area contributed by atoms with E-state index in [0.29, 0.717) is 12.6 Å². The van der Waals surface area contributed by atoms with Gasteiger partial charge in [-0.25, -0.2) is 4.39 Å². The molecule has 0 amide bonds. The Hall–Kier alpha value is -1.39. The molecular formula is C17H19BrFNO. The molecule has 2 aromatic rings. The summed E-state index contributed by atoms with van der Waals surface area (Å²) in [5, 5.41) is 3.40. The molecule has 112 valence electrons. The Balaban J connectivity index is 1.66. The molecule has 0 aromatic heterocycles. The Labute approximate surface area is 133 Å². The van der Waals surface area contributed by atoms with Crippen molar-refractivity contribution in [2.45, 2.75) is 19.4 Å². The maximum absolute atomic E-state index is 12.8. The van der Waals surface area contributed by atoms with E-state index in [9.17, 15) is 4.39 Å². The molecule has 1 N–H and O–H groups in total. The smallest absolute Gasteiger partial charge is 0.123 e. The number of nitrogens with one attached hydrogen (secondary N) is 1. The molecule has 0 fully saturated rings. The van der Waals surface area contributed by atoms with Gasteiger partial charge in [-0.3, -0.25) is 0 Å². The van der Waals surface area contributed by atoms with E-state index in [1.807, 2.05) is 36.4 Å². The predicted octanol–water partition coefficient (Wildman–Crippen LogP) is 4.19. The van der Waals surface area contributed by atoms with E-state index in [2.05, 4.69) is 28.2 Å². The lowest BCUT2D eigenvalue weighted by Gasteiger charge is -2.14. The maximum Gasteiger partial charge on any atom is 0.123 e. The van der Waals surface area contributed by atoms with Gasteiger partial charge in [0.1, 0.15) is 18.2 Å². The second-order valence-corrected chi connectivity index (χ2v) is 5.90. The fourth-order valence-electron chi connectivity index (χ4n) is 2.05. The summed E-state index contributed by atoms with van der Waals surface area (Å²) in [6.45, 7) is 3.51. The largest absolute Gasteiger partial charge is 0.492 e. The summed E-state index contributed by atoms with van der Waals surface area (Å²) in [5.74, 6) is 0.674. The molecule has 21 heavy (non-hydrogen) atoms. The Morgan fingerprint density at radius 2 is 1.76 bits per heavy atom. The summed E-state index contributed by atoms with van der Waals surface area (Å²) in [6, 6.07) is 14.8. The first-order valence-electron chi connectivity index (χ1n) is 6.99.